The largest absolute Gasteiger partial charge is 0.464 e. The summed E-state index contributed by atoms with van der Waals surface area (Å²) in [5, 5.41) is 16.6. The molecule has 1 radical (unpaired) electrons. The molecule has 1 aromatic carbocycles. The molecule has 0 bridgehead atoms. The lowest BCUT2D eigenvalue weighted by Crippen LogP contribution is -2.49. The van der Waals surface area contributed by atoms with Crippen LogP contribution in [0.15, 0.2) is 30.5 Å². The van der Waals surface area contributed by atoms with Crippen LogP contribution in [0.1, 0.15) is 38.2 Å². The first-order valence-corrected chi connectivity index (χ1v) is 7.61. The molecule has 0 unspecified atom stereocenters. The first-order valence-electron chi connectivity index (χ1n) is 7.61. The van der Waals surface area contributed by atoms with Crippen molar-refractivity contribution in [3.8, 4) is 11.1 Å². The van der Waals surface area contributed by atoms with Gasteiger partial charge < -0.3 is 14.5 Å². The number of carbonyl (C=O) groups is 1. The van der Waals surface area contributed by atoms with Crippen molar-refractivity contribution in [3.05, 3.63) is 36.2 Å². The third kappa shape index (κ3) is 3.86. The standard InChI is InChI=1S/C17H22BN2O4/c1-16(2,22)17(3,4)24-18-12-8-6-11(7-9-12)13-10-19-20-14(13)15(21)23-5/h6-10,22H,1-5H3,(H,19,20). The van der Waals surface area contributed by atoms with Crippen LogP contribution >= 0.6 is 0 Å². The Labute approximate surface area is 142 Å². The number of rotatable bonds is 6. The highest BCUT2D eigenvalue weighted by molar-refractivity contribution is 6.47. The number of hydrogen-bond donors (Lipinski definition) is 2. The molecule has 0 saturated carbocycles. The molecule has 24 heavy (non-hydrogen) atoms. The normalized spacial score (nSPS) is 12.1. The van der Waals surface area contributed by atoms with E-state index >= 15 is 0 Å². The molecule has 0 aliphatic carbocycles. The van der Waals surface area contributed by atoms with E-state index in [2.05, 4.69) is 10.2 Å². The number of esters is 1. The monoisotopic (exact) mass is 329 g/mol. The average Bonchev–Trinajstić information content (AvgIpc) is 3.01. The Morgan fingerprint density at radius 1 is 1.21 bits per heavy atom. The minimum Gasteiger partial charge on any atom is -0.464 e. The van der Waals surface area contributed by atoms with Gasteiger partial charge in [-0.1, -0.05) is 29.7 Å². The van der Waals surface area contributed by atoms with Crippen molar-refractivity contribution in [1.29, 1.82) is 0 Å². The van der Waals surface area contributed by atoms with Crippen LogP contribution in [-0.4, -0.2) is 47.1 Å². The molecule has 2 aromatic rings. The van der Waals surface area contributed by atoms with Crippen molar-refractivity contribution in [1.82, 2.24) is 10.2 Å². The molecule has 0 spiro atoms. The Balaban J connectivity index is 2.12. The van der Waals surface area contributed by atoms with Crippen LogP contribution in [0.4, 0.5) is 0 Å². The highest BCUT2D eigenvalue weighted by Crippen LogP contribution is 2.25. The van der Waals surface area contributed by atoms with E-state index in [1.165, 1.54) is 7.11 Å². The third-order valence-electron chi connectivity index (χ3n) is 4.21. The Hall–Kier alpha value is -2.12. The Bertz CT molecular complexity index is 702. The van der Waals surface area contributed by atoms with Gasteiger partial charge in [0.1, 0.15) is 0 Å². The molecule has 0 saturated heterocycles. The highest BCUT2D eigenvalue weighted by atomic mass is 16.5. The molecule has 0 aliphatic rings. The van der Waals surface area contributed by atoms with Crippen molar-refractivity contribution in [2.75, 3.05) is 7.11 Å². The fourth-order valence-corrected chi connectivity index (χ4v) is 1.86. The quantitative estimate of drug-likeness (QED) is 0.622. The number of hydrogen-bond acceptors (Lipinski definition) is 5. The second-order valence-corrected chi connectivity index (χ2v) is 6.58. The molecule has 0 atom stereocenters. The molecule has 2 rings (SSSR count). The van der Waals surface area contributed by atoms with Crippen LogP contribution in [0.2, 0.25) is 0 Å². The number of ether oxygens (including phenoxy) is 1. The maximum absolute atomic E-state index is 11.7. The molecule has 7 heteroatoms. The van der Waals surface area contributed by atoms with E-state index in [9.17, 15) is 9.90 Å². The number of nitrogens with zero attached hydrogens (tertiary/aromatic N) is 1. The van der Waals surface area contributed by atoms with Crippen LogP contribution < -0.4 is 5.46 Å². The zero-order chi connectivity index (χ0) is 18.0. The summed E-state index contributed by atoms with van der Waals surface area (Å²) in [7, 11) is 2.94. The Morgan fingerprint density at radius 2 is 1.83 bits per heavy atom. The van der Waals surface area contributed by atoms with Crippen molar-refractivity contribution >= 4 is 18.9 Å². The van der Waals surface area contributed by atoms with Crippen LogP contribution in [0.25, 0.3) is 11.1 Å². The fourth-order valence-electron chi connectivity index (χ4n) is 1.86. The Morgan fingerprint density at radius 3 is 2.38 bits per heavy atom. The first-order chi connectivity index (χ1) is 11.2. The van der Waals surface area contributed by atoms with E-state index in [0.29, 0.717) is 11.3 Å². The van der Waals surface area contributed by atoms with Crippen molar-refractivity contribution in [3.63, 3.8) is 0 Å². The molecule has 1 heterocycles. The molecule has 2 N–H and O–H groups in total. The zero-order valence-corrected chi connectivity index (χ0v) is 14.6. The number of aromatic amines is 1. The SMILES string of the molecule is COC(=O)c1[nH]ncc1-c1ccc([B]OC(C)(C)C(C)(C)O)cc1. The van der Waals surface area contributed by atoms with Gasteiger partial charge in [0.2, 0.25) is 0 Å². The van der Waals surface area contributed by atoms with Crippen molar-refractivity contribution < 1.29 is 19.3 Å². The number of nitrogens with one attached hydrogen (secondary N) is 1. The van der Waals surface area contributed by atoms with Gasteiger partial charge in [-0.15, -0.1) is 0 Å². The van der Waals surface area contributed by atoms with Gasteiger partial charge in [-0.25, -0.2) is 4.79 Å². The predicted molar refractivity (Wildman–Crippen MR) is 92.2 cm³/mol. The van der Waals surface area contributed by atoms with Gasteiger partial charge in [0.25, 0.3) is 0 Å². The van der Waals surface area contributed by atoms with Crippen LogP contribution in [0.3, 0.4) is 0 Å². The lowest BCUT2D eigenvalue weighted by atomic mass is 9.82. The molecule has 127 valence electrons. The minimum atomic E-state index is -0.977. The number of methoxy groups -OCH3 is 1. The summed E-state index contributed by atoms with van der Waals surface area (Å²) in [6.07, 6.45) is 1.58. The molecule has 1 aromatic heterocycles. The van der Waals surface area contributed by atoms with Gasteiger partial charge in [-0.2, -0.15) is 5.10 Å². The van der Waals surface area contributed by atoms with Gasteiger partial charge in [-0.05, 0) is 33.3 Å². The van der Waals surface area contributed by atoms with Gasteiger partial charge in [0.15, 0.2) is 5.69 Å². The minimum absolute atomic E-state index is 0.314. The van der Waals surface area contributed by atoms with Crippen molar-refractivity contribution in [2.24, 2.45) is 0 Å². The predicted octanol–water partition coefficient (Wildman–Crippen LogP) is 1.67. The van der Waals surface area contributed by atoms with Gasteiger partial charge >= 0.3 is 13.5 Å². The van der Waals surface area contributed by atoms with E-state index in [0.717, 1.165) is 11.0 Å². The van der Waals surface area contributed by atoms with E-state index in [-0.39, 0.29) is 0 Å². The van der Waals surface area contributed by atoms with Gasteiger partial charge in [0.05, 0.1) is 24.5 Å². The second-order valence-electron chi connectivity index (χ2n) is 6.58. The molecule has 0 aliphatic heterocycles. The number of aliphatic hydroxyl groups is 1. The smallest absolute Gasteiger partial charge is 0.356 e. The van der Waals surface area contributed by atoms with E-state index in [1.54, 1.807) is 27.5 Å². The molecular formula is C17H22BN2O4. The fraction of sp³-hybridized carbons (Fsp3) is 0.412. The number of carbonyl (C=O) groups excluding carboxylic acids is 1. The zero-order valence-electron chi connectivity index (χ0n) is 14.6. The second kappa shape index (κ2) is 6.79. The number of aromatic nitrogens is 2. The summed E-state index contributed by atoms with van der Waals surface area (Å²) in [6, 6.07) is 7.46. The first kappa shape index (κ1) is 18.2. The lowest BCUT2D eigenvalue weighted by Gasteiger charge is -2.37. The number of benzene rings is 1. The molecule has 0 fully saturated rings. The lowest BCUT2D eigenvalue weighted by molar-refractivity contribution is -0.0893. The summed E-state index contributed by atoms with van der Waals surface area (Å²) >= 11 is 0. The Kier molecular flexibility index (Phi) is 5.15. The maximum atomic E-state index is 11.7. The summed E-state index contributed by atoms with van der Waals surface area (Å²) in [4.78, 5) is 11.7. The summed E-state index contributed by atoms with van der Waals surface area (Å²) < 4.78 is 10.5. The van der Waals surface area contributed by atoms with Gasteiger partial charge in [-0.3, -0.25) is 5.10 Å². The molecule has 6 nitrogen and oxygen atoms in total. The van der Waals surface area contributed by atoms with E-state index < -0.39 is 17.2 Å². The van der Waals surface area contributed by atoms with Gasteiger partial charge in [0, 0.05) is 5.56 Å². The molecule has 0 amide bonds. The number of H-pyrrole nitrogens is 1. The summed E-state index contributed by atoms with van der Waals surface area (Å²) in [6.45, 7) is 7.06. The third-order valence-corrected chi connectivity index (χ3v) is 4.21. The van der Waals surface area contributed by atoms with Crippen LogP contribution in [-0.2, 0) is 9.39 Å². The summed E-state index contributed by atoms with van der Waals surface area (Å²) in [5.41, 5.74) is 0.964. The van der Waals surface area contributed by atoms with Crippen LogP contribution in [0.5, 0.6) is 0 Å². The van der Waals surface area contributed by atoms with Crippen molar-refractivity contribution in [2.45, 2.75) is 38.9 Å². The molecular weight excluding hydrogens is 307 g/mol. The topological polar surface area (TPSA) is 84.4 Å². The maximum Gasteiger partial charge on any atom is 0.356 e. The average molecular weight is 329 g/mol. The summed E-state index contributed by atoms with van der Waals surface area (Å²) in [5.74, 6) is -0.464. The van der Waals surface area contributed by atoms with Crippen LogP contribution in [0, 0.1) is 0 Å². The highest BCUT2D eigenvalue weighted by Gasteiger charge is 2.35. The van der Waals surface area contributed by atoms with E-state index in [1.807, 2.05) is 38.1 Å². The van der Waals surface area contributed by atoms with E-state index in [4.69, 9.17) is 9.39 Å².